The number of nitrogens with zero attached hydrogens (tertiary/aromatic N) is 2. The lowest BCUT2D eigenvalue weighted by atomic mass is 10.1. The van der Waals surface area contributed by atoms with Crippen LogP contribution in [0.5, 0.6) is 0 Å². The number of hydrogen-bond acceptors (Lipinski definition) is 5. The largest absolute Gasteiger partial charge is 0.326 e. The van der Waals surface area contributed by atoms with Gasteiger partial charge in [0.1, 0.15) is 0 Å². The van der Waals surface area contributed by atoms with E-state index in [0.29, 0.717) is 19.6 Å². The average Bonchev–Trinajstić information content (AvgIpc) is 2.41. The molecule has 1 heterocycles. The summed E-state index contributed by atoms with van der Waals surface area (Å²) in [5.41, 5.74) is 7.29. The zero-order valence-electron chi connectivity index (χ0n) is 11.7. The fourth-order valence-electron chi connectivity index (χ4n) is 2.12. The van der Waals surface area contributed by atoms with E-state index >= 15 is 0 Å². The normalized spacial score (nSPS) is 18.3. The van der Waals surface area contributed by atoms with Crippen LogP contribution in [0.1, 0.15) is 11.1 Å². The molecule has 1 aliphatic heterocycles. The highest BCUT2D eigenvalue weighted by Crippen LogP contribution is 2.08. The van der Waals surface area contributed by atoms with Crippen LogP contribution in [0.25, 0.3) is 0 Å². The van der Waals surface area contributed by atoms with Crippen molar-refractivity contribution in [3.8, 4) is 0 Å². The molecule has 0 amide bonds. The van der Waals surface area contributed by atoms with Gasteiger partial charge in [-0.25, -0.2) is 13.4 Å². The summed E-state index contributed by atoms with van der Waals surface area (Å²) < 4.78 is 24.2. The van der Waals surface area contributed by atoms with Crippen molar-refractivity contribution >= 4 is 10.0 Å². The molecule has 1 aromatic carbocycles. The molecule has 1 fully saturated rings. The Kier molecular flexibility index (Phi) is 5.11. The minimum absolute atomic E-state index is 0.00973. The van der Waals surface area contributed by atoms with Crippen molar-refractivity contribution in [3.05, 3.63) is 35.4 Å². The van der Waals surface area contributed by atoms with Gasteiger partial charge in [-0.2, -0.15) is 0 Å². The van der Waals surface area contributed by atoms with E-state index in [-0.39, 0.29) is 5.75 Å². The Labute approximate surface area is 120 Å². The molecule has 1 aliphatic rings. The van der Waals surface area contributed by atoms with Crippen molar-refractivity contribution in [3.63, 3.8) is 0 Å². The van der Waals surface area contributed by atoms with Crippen LogP contribution in [-0.2, 0) is 22.3 Å². The Morgan fingerprint density at radius 3 is 2.20 bits per heavy atom. The molecule has 3 N–H and O–H groups in total. The molecule has 0 unspecified atom stereocenters. The SMILES string of the molecule is CN1CCN(NS(=O)(=O)Cc2ccc(CN)cc2)CC1. The van der Waals surface area contributed by atoms with Gasteiger partial charge in [0.15, 0.2) is 0 Å². The lowest BCUT2D eigenvalue weighted by molar-refractivity contribution is 0.134. The van der Waals surface area contributed by atoms with E-state index in [1.165, 1.54) is 0 Å². The number of sulfonamides is 1. The molecule has 112 valence electrons. The molecule has 0 atom stereocenters. The van der Waals surface area contributed by atoms with Gasteiger partial charge in [-0.1, -0.05) is 24.3 Å². The molecule has 0 aromatic heterocycles. The first kappa shape index (κ1) is 15.4. The van der Waals surface area contributed by atoms with Gasteiger partial charge in [-0.15, -0.1) is 4.83 Å². The lowest BCUT2D eigenvalue weighted by Crippen LogP contribution is -2.52. The van der Waals surface area contributed by atoms with Gasteiger partial charge in [0, 0.05) is 32.7 Å². The van der Waals surface area contributed by atoms with Crippen molar-refractivity contribution in [2.75, 3.05) is 33.2 Å². The smallest absolute Gasteiger partial charge is 0.228 e. The average molecular weight is 298 g/mol. The van der Waals surface area contributed by atoms with Gasteiger partial charge in [0.2, 0.25) is 10.0 Å². The molecule has 0 spiro atoms. The van der Waals surface area contributed by atoms with Crippen LogP contribution in [0.15, 0.2) is 24.3 Å². The summed E-state index contributed by atoms with van der Waals surface area (Å²) in [7, 11) is -1.31. The van der Waals surface area contributed by atoms with E-state index in [9.17, 15) is 8.42 Å². The second-order valence-corrected chi connectivity index (χ2v) is 6.86. The van der Waals surface area contributed by atoms with Crippen LogP contribution in [0.3, 0.4) is 0 Å². The first-order chi connectivity index (χ1) is 9.48. The summed E-state index contributed by atoms with van der Waals surface area (Å²) in [6.07, 6.45) is 0. The van der Waals surface area contributed by atoms with Crippen molar-refractivity contribution in [1.29, 1.82) is 0 Å². The third-order valence-electron chi connectivity index (χ3n) is 3.39. The maximum atomic E-state index is 12.1. The zero-order valence-corrected chi connectivity index (χ0v) is 12.6. The number of hydrazine groups is 1. The number of nitrogens with two attached hydrogens (primary N) is 1. The summed E-state index contributed by atoms with van der Waals surface area (Å²) in [6.45, 7) is 3.62. The van der Waals surface area contributed by atoms with Gasteiger partial charge in [0.25, 0.3) is 0 Å². The van der Waals surface area contributed by atoms with Crippen molar-refractivity contribution in [1.82, 2.24) is 14.7 Å². The van der Waals surface area contributed by atoms with Crippen LogP contribution in [0, 0.1) is 0 Å². The quantitative estimate of drug-likeness (QED) is 0.782. The monoisotopic (exact) mass is 298 g/mol. The Morgan fingerprint density at radius 2 is 1.65 bits per heavy atom. The Bertz CT molecular complexity index is 522. The van der Waals surface area contributed by atoms with Gasteiger partial charge in [-0.3, -0.25) is 0 Å². The topological polar surface area (TPSA) is 78.7 Å². The number of likely N-dealkylation sites (N-methyl/N-ethyl adjacent to an activating group) is 1. The molecule has 0 radical (unpaired) electrons. The van der Waals surface area contributed by atoms with Gasteiger partial charge >= 0.3 is 0 Å². The Morgan fingerprint density at radius 1 is 1.10 bits per heavy atom. The Balaban J connectivity index is 1.92. The summed E-state index contributed by atoms with van der Waals surface area (Å²) in [5.74, 6) is -0.00973. The zero-order chi connectivity index (χ0) is 14.6. The van der Waals surface area contributed by atoms with E-state index < -0.39 is 10.0 Å². The molecule has 2 rings (SSSR count). The molecule has 6 nitrogen and oxygen atoms in total. The van der Waals surface area contributed by atoms with E-state index in [0.717, 1.165) is 24.2 Å². The third-order valence-corrected chi connectivity index (χ3v) is 4.64. The maximum Gasteiger partial charge on any atom is 0.228 e. The van der Waals surface area contributed by atoms with Crippen LogP contribution in [0.2, 0.25) is 0 Å². The number of rotatable bonds is 5. The maximum absolute atomic E-state index is 12.1. The molecule has 1 aromatic rings. The molecule has 0 saturated carbocycles. The highest BCUT2D eigenvalue weighted by Gasteiger charge is 2.19. The fraction of sp³-hybridized carbons (Fsp3) is 0.538. The molecular formula is C13H22N4O2S. The summed E-state index contributed by atoms with van der Waals surface area (Å²) >= 11 is 0. The van der Waals surface area contributed by atoms with Crippen LogP contribution < -0.4 is 10.6 Å². The number of hydrogen-bond donors (Lipinski definition) is 2. The lowest BCUT2D eigenvalue weighted by Gasteiger charge is -2.32. The predicted molar refractivity (Wildman–Crippen MR) is 79.2 cm³/mol. The van der Waals surface area contributed by atoms with Gasteiger partial charge in [0.05, 0.1) is 5.75 Å². The van der Waals surface area contributed by atoms with E-state index in [2.05, 4.69) is 9.73 Å². The molecule has 0 bridgehead atoms. The molecular weight excluding hydrogens is 276 g/mol. The van der Waals surface area contributed by atoms with Gasteiger partial charge < -0.3 is 10.6 Å². The minimum Gasteiger partial charge on any atom is -0.326 e. The first-order valence-corrected chi connectivity index (χ1v) is 8.35. The molecule has 20 heavy (non-hydrogen) atoms. The summed E-state index contributed by atoms with van der Waals surface area (Å²) in [6, 6.07) is 7.35. The first-order valence-electron chi connectivity index (χ1n) is 6.70. The van der Waals surface area contributed by atoms with E-state index in [4.69, 9.17) is 5.73 Å². The standard InChI is InChI=1S/C13H22N4O2S/c1-16-6-8-17(9-7-16)15-20(18,19)11-13-4-2-12(10-14)3-5-13/h2-5,15H,6-11,14H2,1H3. The van der Waals surface area contributed by atoms with Crippen molar-refractivity contribution < 1.29 is 8.42 Å². The minimum atomic E-state index is -3.35. The molecule has 1 saturated heterocycles. The van der Waals surface area contributed by atoms with Gasteiger partial charge in [-0.05, 0) is 18.2 Å². The second-order valence-electron chi connectivity index (χ2n) is 5.16. The van der Waals surface area contributed by atoms with Crippen LogP contribution >= 0.6 is 0 Å². The van der Waals surface area contributed by atoms with E-state index in [1.807, 2.05) is 31.3 Å². The molecule has 0 aliphatic carbocycles. The highest BCUT2D eigenvalue weighted by molar-refractivity contribution is 7.88. The predicted octanol–water partition coefficient (Wildman–Crippen LogP) is -0.273. The third kappa shape index (κ3) is 4.53. The summed E-state index contributed by atoms with van der Waals surface area (Å²) in [5, 5.41) is 1.77. The van der Waals surface area contributed by atoms with Crippen molar-refractivity contribution in [2.24, 2.45) is 5.73 Å². The van der Waals surface area contributed by atoms with Crippen LogP contribution in [-0.4, -0.2) is 51.6 Å². The van der Waals surface area contributed by atoms with Crippen molar-refractivity contribution in [2.45, 2.75) is 12.3 Å². The number of benzene rings is 1. The molecule has 7 heteroatoms. The number of piperazine rings is 1. The Hall–Kier alpha value is -0.990. The number of nitrogens with one attached hydrogen (secondary N) is 1. The second kappa shape index (κ2) is 6.64. The van der Waals surface area contributed by atoms with Crippen LogP contribution in [0.4, 0.5) is 0 Å². The van der Waals surface area contributed by atoms with E-state index in [1.54, 1.807) is 5.01 Å². The fourth-order valence-corrected chi connectivity index (χ4v) is 3.39. The summed E-state index contributed by atoms with van der Waals surface area (Å²) in [4.78, 5) is 4.82. The highest BCUT2D eigenvalue weighted by atomic mass is 32.2.